The van der Waals surface area contributed by atoms with E-state index in [2.05, 4.69) is 20.4 Å². The van der Waals surface area contributed by atoms with Gasteiger partial charge in [0.25, 0.3) is 5.71 Å². The SMILES string of the molecule is Cc1ccccc1-c1noc2ncnc(NCc3ccc(Cl)cc3)c12. The van der Waals surface area contributed by atoms with Crippen molar-refractivity contribution < 1.29 is 4.52 Å². The molecule has 0 saturated heterocycles. The first kappa shape index (κ1) is 15.6. The molecule has 0 spiro atoms. The fourth-order valence-corrected chi connectivity index (χ4v) is 2.86. The van der Waals surface area contributed by atoms with Gasteiger partial charge in [-0.05, 0) is 30.2 Å². The van der Waals surface area contributed by atoms with Crippen LogP contribution in [0.4, 0.5) is 5.82 Å². The number of aromatic nitrogens is 3. The molecule has 5 nitrogen and oxygen atoms in total. The Kier molecular flexibility index (Phi) is 4.07. The summed E-state index contributed by atoms with van der Waals surface area (Å²) < 4.78 is 5.41. The van der Waals surface area contributed by atoms with Crippen LogP contribution in [0, 0.1) is 6.92 Å². The number of rotatable bonds is 4. The zero-order valence-electron chi connectivity index (χ0n) is 13.5. The van der Waals surface area contributed by atoms with E-state index in [-0.39, 0.29) is 0 Å². The van der Waals surface area contributed by atoms with Crippen LogP contribution in [0.5, 0.6) is 0 Å². The van der Waals surface area contributed by atoms with E-state index in [1.807, 2.05) is 55.5 Å². The van der Waals surface area contributed by atoms with E-state index in [0.29, 0.717) is 23.1 Å². The largest absolute Gasteiger partial charge is 0.365 e. The molecular weight excluding hydrogens is 336 g/mol. The molecule has 0 unspecified atom stereocenters. The lowest BCUT2D eigenvalue weighted by Crippen LogP contribution is -2.02. The second-order valence-electron chi connectivity index (χ2n) is 5.73. The van der Waals surface area contributed by atoms with Gasteiger partial charge in [0.15, 0.2) is 0 Å². The first-order valence-corrected chi connectivity index (χ1v) is 8.25. The van der Waals surface area contributed by atoms with Crippen molar-refractivity contribution in [2.75, 3.05) is 5.32 Å². The zero-order valence-corrected chi connectivity index (χ0v) is 14.3. The van der Waals surface area contributed by atoms with E-state index in [4.69, 9.17) is 16.1 Å². The molecule has 4 rings (SSSR count). The van der Waals surface area contributed by atoms with Crippen molar-refractivity contribution in [2.45, 2.75) is 13.5 Å². The maximum Gasteiger partial charge on any atom is 0.263 e. The van der Waals surface area contributed by atoms with Crippen molar-refractivity contribution in [1.29, 1.82) is 0 Å². The molecule has 0 aliphatic heterocycles. The van der Waals surface area contributed by atoms with Crippen LogP contribution in [0.15, 0.2) is 59.4 Å². The monoisotopic (exact) mass is 350 g/mol. The summed E-state index contributed by atoms with van der Waals surface area (Å²) in [7, 11) is 0. The van der Waals surface area contributed by atoms with Gasteiger partial charge in [-0.3, -0.25) is 0 Å². The van der Waals surface area contributed by atoms with Crippen molar-refractivity contribution in [3.8, 4) is 11.3 Å². The van der Waals surface area contributed by atoms with Crippen LogP contribution in [0.1, 0.15) is 11.1 Å². The van der Waals surface area contributed by atoms with E-state index in [0.717, 1.165) is 27.8 Å². The molecule has 0 fully saturated rings. The smallest absolute Gasteiger partial charge is 0.263 e. The van der Waals surface area contributed by atoms with E-state index in [1.54, 1.807) is 0 Å². The Labute approximate surface area is 149 Å². The summed E-state index contributed by atoms with van der Waals surface area (Å²) in [5.74, 6) is 0.694. The van der Waals surface area contributed by atoms with Gasteiger partial charge in [-0.15, -0.1) is 0 Å². The fourth-order valence-electron chi connectivity index (χ4n) is 2.73. The van der Waals surface area contributed by atoms with Gasteiger partial charge in [0, 0.05) is 17.1 Å². The Hall–Kier alpha value is -2.92. The number of nitrogens with zero attached hydrogens (tertiary/aromatic N) is 3. The van der Waals surface area contributed by atoms with Gasteiger partial charge >= 0.3 is 0 Å². The summed E-state index contributed by atoms with van der Waals surface area (Å²) in [5, 5.41) is 9.06. The molecule has 0 bridgehead atoms. The predicted molar refractivity (Wildman–Crippen MR) is 98.6 cm³/mol. The average Bonchev–Trinajstić information content (AvgIpc) is 3.06. The minimum absolute atomic E-state index is 0.465. The van der Waals surface area contributed by atoms with Crippen molar-refractivity contribution >= 4 is 28.5 Å². The minimum atomic E-state index is 0.465. The van der Waals surface area contributed by atoms with Crippen molar-refractivity contribution in [2.24, 2.45) is 0 Å². The molecule has 2 heterocycles. The molecule has 0 aliphatic rings. The van der Waals surface area contributed by atoms with Crippen LogP contribution >= 0.6 is 11.6 Å². The van der Waals surface area contributed by atoms with Crippen LogP contribution in [0.3, 0.4) is 0 Å². The average molecular weight is 351 g/mol. The number of hydrogen-bond donors (Lipinski definition) is 1. The lowest BCUT2D eigenvalue weighted by atomic mass is 10.0. The van der Waals surface area contributed by atoms with Crippen LogP contribution in [0.2, 0.25) is 5.02 Å². The molecule has 0 saturated carbocycles. The van der Waals surface area contributed by atoms with Gasteiger partial charge < -0.3 is 9.84 Å². The van der Waals surface area contributed by atoms with Crippen LogP contribution in [-0.2, 0) is 6.54 Å². The van der Waals surface area contributed by atoms with Gasteiger partial charge in [-0.25, -0.2) is 4.98 Å². The van der Waals surface area contributed by atoms with Crippen molar-refractivity contribution in [3.05, 3.63) is 71.0 Å². The highest BCUT2D eigenvalue weighted by molar-refractivity contribution is 6.30. The third-order valence-corrected chi connectivity index (χ3v) is 4.30. The predicted octanol–water partition coefficient (Wildman–Crippen LogP) is 4.86. The molecule has 4 aromatic rings. The molecule has 2 aromatic carbocycles. The highest BCUT2D eigenvalue weighted by Crippen LogP contribution is 2.33. The van der Waals surface area contributed by atoms with Gasteiger partial charge in [-0.1, -0.05) is 53.2 Å². The standard InChI is InChI=1S/C19H15ClN4O/c1-12-4-2-3-5-15(12)17-16-18(22-11-23-19(16)25-24-17)21-10-13-6-8-14(20)9-7-13/h2-9,11H,10H2,1H3,(H,21,22,23). The summed E-state index contributed by atoms with van der Waals surface area (Å²) in [6.45, 7) is 2.65. The van der Waals surface area contributed by atoms with Crippen molar-refractivity contribution in [3.63, 3.8) is 0 Å². The topological polar surface area (TPSA) is 63.8 Å². The van der Waals surface area contributed by atoms with Gasteiger partial charge in [0.2, 0.25) is 0 Å². The van der Waals surface area contributed by atoms with Crippen LogP contribution in [-0.4, -0.2) is 15.1 Å². The van der Waals surface area contributed by atoms with Crippen molar-refractivity contribution in [1.82, 2.24) is 15.1 Å². The summed E-state index contributed by atoms with van der Waals surface area (Å²) in [6, 6.07) is 15.7. The Morgan fingerprint density at radius 2 is 1.84 bits per heavy atom. The van der Waals surface area contributed by atoms with E-state index in [1.165, 1.54) is 6.33 Å². The maximum atomic E-state index is 5.93. The second-order valence-corrected chi connectivity index (χ2v) is 6.16. The second kappa shape index (κ2) is 6.53. The molecule has 1 N–H and O–H groups in total. The lowest BCUT2D eigenvalue weighted by Gasteiger charge is -2.08. The Bertz CT molecular complexity index is 1030. The minimum Gasteiger partial charge on any atom is -0.365 e. The number of nitrogens with one attached hydrogen (secondary N) is 1. The molecule has 0 amide bonds. The zero-order chi connectivity index (χ0) is 17.2. The summed E-state index contributed by atoms with van der Waals surface area (Å²) in [6.07, 6.45) is 1.47. The highest BCUT2D eigenvalue weighted by atomic mass is 35.5. The highest BCUT2D eigenvalue weighted by Gasteiger charge is 2.17. The van der Waals surface area contributed by atoms with Gasteiger partial charge in [-0.2, -0.15) is 4.98 Å². The Balaban J connectivity index is 1.73. The van der Waals surface area contributed by atoms with Crippen LogP contribution < -0.4 is 5.32 Å². The fraction of sp³-hybridized carbons (Fsp3) is 0.105. The molecule has 0 radical (unpaired) electrons. The molecule has 25 heavy (non-hydrogen) atoms. The summed E-state index contributed by atoms with van der Waals surface area (Å²) in [4.78, 5) is 8.57. The molecule has 0 aliphatic carbocycles. The number of aryl methyl sites for hydroxylation is 1. The number of anilines is 1. The quantitative estimate of drug-likeness (QED) is 0.569. The molecular formula is C19H15ClN4O. The molecule has 124 valence electrons. The third kappa shape index (κ3) is 3.06. The number of benzene rings is 2. The van der Waals surface area contributed by atoms with E-state index in [9.17, 15) is 0 Å². The molecule has 2 aromatic heterocycles. The third-order valence-electron chi connectivity index (χ3n) is 4.05. The van der Waals surface area contributed by atoms with Gasteiger partial charge in [0.05, 0.1) is 0 Å². The van der Waals surface area contributed by atoms with Crippen LogP contribution in [0.25, 0.3) is 22.4 Å². The normalized spacial score (nSPS) is 11.0. The molecule has 6 heteroatoms. The lowest BCUT2D eigenvalue weighted by molar-refractivity contribution is 0.451. The summed E-state index contributed by atoms with van der Waals surface area (Å²) >= 11 is 5.93. The number of hydrogen-bond acceptors (Lipinski definition) is 5. The number of fused-ring (bicyclic) bond motifs is 1. The van der Waals surface area contributed by atoms with Gasteiger partial charge in [0.1, 0.15) is 23.2 Å². The number of halogens is 1. The first-order valence-electron chi connectivity index (χ1n) is 7.87. The Morgan fingerprint density at radius 3 is 2.64 bits per heavy atom. The first-order chi connectivity index (χ1) is 12.2. The van der Waals surface area contributed by atoms with E-state index < -0.39 is 0 Å². The maximum absolute atomic E-state index is 5.93. The summed E-state index contributed by atoms with van der Waals surface area (Å²) in [5.41, 5.74) is 4.43. The molecule has 0 atom stereocenters. The van der Waals surface area contributed by atoms with E-state index >= 15 is 0 Å². The Morgan fingerprint density at radius 1 is 1.04 bits per heavy atom.